The summed E-state index contributed by atoms with van der Waals surface area (Å²) in [7, 11) is 0. The van der Waals surface area contributed by atoms with E-state index < -0.39 is 0 Å². The molecule has 1 fully saturated rings. The molecule has 0 aliphatic carbocycles. The molecule has 1 saturated heterocycles. The number of nitrogens with zero attached hydrogens (tertiary/aromatic N) is 4. The van der Waals surface area contributed by atoms with Gasteiger partial charge in [0.05, 0.1) is 23.7 Å². The summed E-state index contributed by atoms with van der Waals surface area (Å²) in [6, 6.07) is 9.33. The predicted molar refractivity (Wildman–Crippen MR) is 87.2 cm³/mol. The minimum Gasteiger partial charge on any atom is -0.339 e. The molecule has 0 spiro atoms. The molecule has 1 aromatic heterocycles. The summed E-state index contributed by atoms with van der Waals surface area (Å²) >= 11 is 0. The summed E-state index contributed by atoms with van der Waals surface area (Å²) in [4.78, 5) is 18.5. The number of carbonyl (C=O) groups excluding carboxylic acids is 1. The molecule has 0 bridgehead atoms. The van der Waals surface area contributed by atoms with E-state index >= 15 is 0 Å². The van der Waals surface area contributed by atoms with Crippen molar-refractivity contribution in [2.24, 2.45) is 0 Å². The molecule has 0 N–H and O–H groups in total. The normalized spacial score (nSPS) is 15.3. The molecule has 3 rings (SSSR count). The Morgan fingerprint density at radius 2 is 1.91 bits per heavy atom. The van der Waals surface area contributed by atoms with Crippen molar-refractivity contribution in [2.75, 3.05) is 13.1 Å². The highest BCUT2D eigenvalue weighted by Crippen LogP contribution is 2.19. The van der Waals surface area contributed by atoms with Crippen molar-refractivity contribution in [2.45, 2.75) is 19.3 Å². The molecule has 23 heavy (non-hydrogen) atoms. The van der Waals surface area contributed by atoms with Gasteiger partial charge in [0.15, 0.2) is 0 Å². The second kappa shape index (κ2) is 6.93. The Hall–Kier alpha value is -2.87. The number of imidazole rings is 1. The van der Waals surface area contributed by atoms with Crippen LogP contribution in [0.15, 0.2) is 49.1 Å². The number of benzene rings is 1. The van der Waals surface area contributed by atoms with Crippen LogP contribution < -0.4 is 0 Å². The number of amides is 1. The quantitative estimate of drug-likeness (QED) is 0.819. The minimum atomic E-state index is 0.0257. The van der Waals surface area contributed by atoms with Gasteiger partial charge in [0.25, 0.3) is 0 Å². The molecule has 0 radical (unpaired) electrons. The van der Waals surface area contributed by atoms with Crippen molar-refractivity contribution in [3.63, 3.8) is 0 Å². The van der Waals surface area contributed by atoms with Crippen LogP contribution in [0, 0.1) is 11.3 Å². The van der Waals surface area contributed by atoms with Crippen LogP contribution in [-0.2, 0) is 4.79 Å². The largest absolute Gasteiger partial charge is 0.339 e. The number of aromatic nitrogens is 2. The third kappa shape index (κ3) is 3.49. The fraction of sp³-hybridized carbons (Fsp3) is 0.278. The Kier molecular flexibility index (Phi) is 4.53. The van der Waals surface area contributed by atoms with E-state index in [2.05, 4.69) is 11.1 Å². The number of nitriles is 1. The second-order valence-electron chi connectivity index (χ2n) is 5.57. The molecular formula is C18H18N4O. The molecule has 0 unspecified atom stereocenters. The average Bonchev–Trinajstić information content (AvgIpc) is 3.15. The Bertz CT molecular complexity index is 732. The molecule has 5 nitrogen and oxygen atoms in total. The molecule has 1 amide bonds. The van der Waals surface area contributed by atoms with Gasteiger partial charge >= 0.3 is 0 Å². The second-order valence-corrected chi connectivity index (χ2v) is 5.57. The van der Waals surface area contributed by atoms with E-state index in [0.717, 1.165) is 37.2 Å². The van der Waals surface area contributed by atoms with Gasteiger partial charge in [0.1, 0.15) is 0 Å². The highest BCUT2D eigenvalue weighted by Gasteiger charge is 2.16. The number of piperidine rings is 1. The standard InChI is InChI=1S/C18H18N4O/c19-13-15-4-6-16(7-5-15)17(22-11-8-20-14-22)12-18(23)21-9-2-1-3-10-21/h4-8,11-12,14H,1-3,9-10H2/b17-12+. The molecule has 2 aromatic rings. The SMILES string of the molecule is N#Cc1ccc(/C(=C\C(=O)N2CCCCC2)n2ccnc2)cc1. The monoisotopic (exact) mass is 306 g/mol. The van der Waals surface area contributed by atoms with Gasteiger partial charge in [-0.1, -0.05) is 12.1 Å². The van der Waals surface area contributed by atoms with Gasteiger partial charge in [-0.25, -0.2) is 4.98 Å². The van der Waals surface area contributed by atoms with Gasteiger partial charge in [0.2, 0.25) is 5.91 Å². The molecule has 1 aliphatic heterocycles. The number of rotatable bonds is 3. The number of likely N-dealkylation sites (tertiary alicyclic amines) is 1. The highest BCUT2D eigenvalue weighted by atomic mass is 16.2. The molecular weight excluding hydrogens is 288 g/mol. The first-order valence-electron chi connectivity index (χ1n) is 7.77. The number of hydrogen-bond acceptors (Lipinski definition) is 3. The maximum atomic E-state index is 12.6. The van der Waals surface area contributed by atoms with Gasteiger partial charge in [0, 0.05) is 31.6 Å². The summed E-state index contributed by atoms with van der Waals surface area (Å²) < 4.78 is 1.82. The van der Waals surface area contributed by atoms with Crippen molar-refractivity contribution in [3.8, 4) is 6.07 Å². The Morgan fingerprint density at radius 3 is 2.52 bits per heavy atom. The summed E-state index contributed by atoms with van der Waals surface area (Å²) in [6.07, 6.45) is 10.2. The number of carbonyl (C=O) groups is 1. The van der Waals surface area contributed by atoms with Crippen molar-refractivity contribution >= 4 is 11.6 Å². The molecule has 2 heterocycles. The van der Waals surface area contributed by atoms with Crippen molar-refractivity contribution < 1.29 is 4.79 Å². The molecule has 1 aromatic carbocycles. The van der Waals surface area contributed by atoms with Gasteiger partial charge in [-0.3, -0.25) is 4.79 Å². The van der Waals surface area contributed by atoms with Crippen LogP contribution in [0.1, 0.15) is 30.4 Å². The van der Waals surface area contributed by atoms with Crippen LogP contribution in [0.3, 0.4) is 0 Å². The van der Waals surface area contributed by atoms with E-state index in [1.807, 2.05) is 27.8 Å². The Morgan fingerprint density at radius 1 is 1.17 bits per heavy atom. The van der Waals surface area contributed by atoms with E-state index in [-0.39, 0.29) is 5.91 Å². The molecule has 0 saturated carbocycles. The van der Waals surface area contributed by atoms with Gasteiger partial charge < -0.3 is 9.47 Å². The first-order chi connectivity index (χ1) is 11.3. The number of hydrogen-bond donors (Lipinski definition) is 0. The van der Waals surface area contributed by atoms with Gasteiger partial charge in [-0.2, -0.15) is 5.26 Å². The fourth-order valence-electron chi connectivity index (χ4n) is 2.75. The summed E-state index contributed by atoms with van der Waals surface area (Å²) in [5.74, 6) is 0.0257. The molecule has 0 atom stereocenters. The average molecular weight is 306 g/mol. The fourth-order valence-corrected chi connectivity index (χ4v) is 2.75. The zero-order valence-corrected chi connectivity index (χ0v) is 12.9. The molecule has 1 aliphatic rings. The maximum absolute atomic E-state index is 12.6. The molecule has 5 heteroatoms. The summed E-state index contributed by atoms with van der Waals surface area (Å²) in [5, 5.41) is 8.93. The first-order valence-corrected chi connectivity index (χ1v) is 7.77. The highest BCUT2D eigenvalue weighted by molar-refractivity contribution is 5.95. The lowest BCUT2D eigenvalue weighted by Gasteiger charge is -2.26. The lowest BCUT2D eigenvalue weighted by Crippen LogP contribution is -2.34. The van der Waals surface area contributed by atoms with Crippen LogP contribution in [0.5, 0.6) is 0 Å². The summed E-state index contributed by atoms with van der Waals surface area (Å²) in [6.45, 7) is 1.64. The third-order valence-electron chi connectivity index (χ3n) is 4.02. The topological polar surface area (TPSA) is 61.9 Å². The van der Waals surface area contributed by atoms with Crippen LogP contribution in [0.2, 0.25) is 0 Å². The zero-order valence-electron chi connectivity index (χ0n) is 12.9. The van der Waals surface area contributed by atoms with E-state index in [9.17, 15) is 4.79 Å². The van der Waals surface area contributed by atoms with Crippen molar-refractivity contribution in [1.29, 1.82) is 5.26 Å². The van der Waals surface area contributed by atoms with Crippen molar-refractivity contribution in [1.82, 2.24) is 14.5 Å². The van der Waals surface area contributed by atoms with Crippen LogP contribution in [0.25, 0.3) is 5.70 Å². The van der Waals surface area contributed by atoms with Crippen LogP contribution in [-0.4, -0.2) is 33.4 Å². The lowest BCUT2D eigenvalue weighted by atomic mass is 10.1. The van der Waals surface area contributed by atoms with E-state index in [4.69, 9.17) is 5.26 Å². The van der Waals surface area contributed by atoms with Gasteiger partial charge in [-0.05, 0) is 37.0 Å². The zero-order chi connectivity index (χ0) is 16.1. The van der Waals surface area contributed by atoms with E-state index in [0.29, 0.717) is 5.56 Å². The first kappa shape index (κ1) is 15.0. The lowest BCUT2D eigenvalue weighted by molar-refractivity contribution is -0.126. The Labute approximate surface area is 135 Å². The summed E-state index contributed by atoms with van der Waals surface area (Å²) in [5.41, 5.74) is 2.25. The van der Waals surface area contributed by atoms with Gasteiger partial charge in [-0.15, -0.1) is 0 Å². The van der Waals surface area contributed by atoms with Crippen LogP contribution in [0.4, 0.5) is 0 Å². The predicted octanol–water partition coefficient (Wildman–Crippen LogP) is 2.66. The minimum absolute atomic E-state index is 0.0257. The van der Waals surface area contributed by atoms with E-state index in [1.54, 1.807) is 30.7 Å². The van der Waals surface area contributed by atoms with E-state index in [1.165, 1.54) is 6.42 Å². The van der Waals surface area contributed by atoms with Crippen molar-refractivity contribution in [3.05, 3.63) is 60.2 Å². The third-order valence-corrected chi connectivity index (χ3v) is 4.02. The Balaban J connectivity index is 1.93. The maximum Gasteiger partial charge on any atom is 0.248 e. The van der Waals surface area contributed by atoms with Crippen LogP contribution >= 0.6 is 0 Å². The molecule has 116 valence electrons. The smallest absolute Gasteiger partial charge is 0.248 e.